The van der Waals surface area contributed by atoms with Gasteiger partial charge in [-0.25, -0.2) is 0 Å². The molecule has 0 bridgehead atoms. The molecule has 12 heteroatoms. The van der Waals surface area contributed by atoms with Crippen LogP contribution in [0.15, 0.2) is 24.3 Å². The van der Waals surface area contributed by atoms with Crippen molar-refractivity contribution in [3.05, 3.63) is 63.2 Å². The third-order valence-corrected chi connectivity index (χ3v) is 9.17. The Kier molecular flexibility index (Phi) is 6.40. The normalized spacial score (nSPS) is 25.6. The van der Waals surface area contributed by atoms with Crippen LogP contribution in [0.2, 0.25) is 0 Å². The van der Waals surface area contributed by atoms with Crippen LogP contribution in [-0.2, 0) is 0 Å². The molecule has 0 amide bonds. The summed E-state index contributed by atoms with van der Waals surface area (Å²) in [5.41, 5.74) is -4.59. The number of fused-ring (bicyclic) bond motifs is 4. The molecule has 0 aliphatic heterocycles. The van der Waals surface area contributed by atoms with Crippen molar-refractivity contribution in [3.8, 4) is 39.9 Å². The lowest BCUT2D eigenvalue weighted by Crippen LogP contribution is -2.63. The summed E-state index contributed by atoms with van der Waals surface area (Å²) in [6.45, 7) is 2.61. The Morgan fingerprint density at radius 3 is 2.05 bits per heavy atom. The van der Waals surface area contributed by atoms with Crippen molar-refractivity contribution >= 4 is 23.1 Å². The van der Waals surface area contributed by atoms with E-state index in [4.69, 9.17) is 9.47 Å². The van der Waals surface area contributed by atoms with Crippen molar-refractivity contribution in [3.63, 3.8) is 0 Å². The van der Waals surface area contributed by atoms with Gasteiger partial charge in [-0.1, -0.05) is 0 Å². The average molecular weight is 605 g/mol. The predicted molar refractivity (Wildman–Crippen MR) is 151 cm³/mol. The molecule has 228 valence electrons. The van der Waals surface area contributed by atoms with Gasteiger partial charge in [0.05, 0.1) is 49.0 Å². The van der Waals surface area contributed by atoms with Gasteiger partial charge in [0, 0.05) is 39.8 Å². The van der Waals surface area contributed by atoms with E-state index < -0.39 is 82.0 Å². The van der Waals surface area contributed by atoms with Gasteiger partial charge in [-0.05, 0) is 44.0 Å². The first-order valence-electron chi connectivity index (χ1n) is 13.6. The molecule has 3 aliphatic carbocycles. The number of ketones is 4. The van der Waals surface area contributed by atoms with Gasteiger partial charge in [-0.3, -0.25) is 19.2 Å². The summed E-state index contributed by atoms with van der Waals surface area (Å²) < 4.78 is 10.6. The number of hydrogen-bond donors (Lipinski definition) is 6. The summed E-state index contributed by atoms with van der Waals surface area (Å²) in [5.74, 6) is -7.99. The van der Waals surface area contributed by atoms with E-state index in [2.05, 4.69) is 0 Å². The van der Waals surface area contributed by atoms with Crippen molar-refractivity contribution in [1.82, 2.24) is 0 Å². The quantitative estimate of drug-likeness (QED) is 0.199. The minimum atomic E-state index is -2.09. The molecule has 0 heterocycles. The molecule has 44 heavy (non-hydrogen) atoms. The first-order chi connectivity index (χ1) is 20.7. The fraction of sp³-hybridized carbons (Fsp3) is 0.312. The maximum absolute atomic E-state index is 14.0. The van der Waals surface area contributed by atoms with E-state index in [0.29, 0.717) is 0 Å². The van der Waals surface area contributed by atoms with Crippen LogP contribution in [0.1, 0.15) is 71.5 Å². The Bertz CT molecular complexity index is 1850. The number of methoxy groups -OCH3 is 2. The number of ether oxygens (including phenoxy) is 2. The van der Waals surface area contributed by atoms with Crippen LogP contribution in [0, 0.1) is 18.8 Å². The van der Waals surface area contributed by atoms with Crippen LogP contribution in [0.3, 0.4) is 0 Å². The van der Waals surface area contributed by atoms with E-state index in [0.717, 1.165) is 19.1 Å². The van der Waals surface area contributed by atoms with E-state index in [1.54, 1.807) is 0 Å². The fourth-order valence-corrected chi connectivity index (χ4v) is 6.73. The Hall–Kier alpha value is -4.78. The summed E-state index contributed by atoms with van der Waals surface area (Å²) in [5, 5.41) is 65.7. The van der Waals surface area contributed by atoms with Crippen LogP contribution in [-0.4, -0.2) is 85.8 Å². The van der Waals surface area contributed by atoms with Crippen LogP contribution >= 0.6 is 0 Å². The second-order valence-corrected chi connectivity index (χ2v) is 11.6. The van der Waals surface area contributed by atoms with Crippen molar-refractivity contribution in [2.75, 3.05) is 14.2 Å². The van der Waals surface area contributed by atoms with Gasteiger partial charge < -0.3 is 40.1 Å². The summed E-state index contributed by atoms with van der Waals surface area (Å²) >= 11 is 0. The molecule has 0 radical (unpaired) electrons. The minimum absolute atomic E-state index is 0.122. The molecule has 5 atom stereocenters. The first-order valence-corrected chi connectivity index (χ1v) is 13.6. The highest BCUT2D eigenvalue weighted by atomic mass is 16.5. The van der Waals surface area contributed by atoms with Crippen LogP contribution < -0.4 is 9.47 Å². The van der Waals surface area contributed by atoms with Crippen LogP contribution in [0.25, 0.3) is 11.1 Å². The Morgan fingerprint density at radius 1 is 0.750 bits per heavy atom. The Balaban J connectivity index is 1.64. The number of carbonyl (C=O) groups is 4. The molecule has 0 spiro atoms. The van der Waals surface area contributed by atoms with Crippen molar-refractivity contribution in [2.45, 2.75) is 38.1 Å². The number of rotatable bonds is 3. The standard InChI is InChI=1S/C32H28O12/c1-10-5-12-20(29(39)19-13(26(12)36)6-11(43-3)7-16(19)33)24(25(10)35)23-17(44-4)8-14-21(30(23)40)27(37)15-9-18(34)32(2,42)31(41)22(15)28(14)38/h5-8,15,18,22,31,33-35,40-42H,9H2,1-4H3/t15?,18-,22?,31-,32-/m1/s1. The number of aliphatic hydroxyl groups excluding tert-OH is 2. The Labute approximate surface area is 249 Å². The van der Waals surface area contributed by atoms with Crippen molar-refractivity contribution in [1.29, 1.82) is 0 Å². The third kappa shape index (κ3) is 3.68. The zero-order chi connectivity index (χ0) is 32.2. The fourth-order valence-electron chi connectivity index (χ4n) is 6.73. The molecule has 3 aromatic carbocycles. The van der Waals surface area contributed by atoms with E-state index in [1.807, 2.05) is 0 Å². The van der Waals surface area contributed by atoms with E-state index >= 15 is 0 Å². The smallest absolute Gasteiger partial charge is 0.199 e. The first kappa shape index (κ1) is 29.3. The van der Waals surface area contributed by atoms with Gasteiger partial charge >= 0.3 is 0 Å². The van der Waals surface area contributed by atoms with E-state index in [9.17, 15) is 49.8 Å². The summed E-state index contributed by atoms with van der Waals surface area (Å²) in [6.07, 6.45) is -3.77. The number of benzene rings is 3. The van der Waals surface area contributed by atoms with Gasteiger partial charge in [0.15, 0.2) is 23.1 Å². The van der Waals surface area contributed by atoms with Gasteiger partial charge in [-0.2, -0.15) is 0 Å². The number of carbonyl (C=O) groups excluding carboxylic acids is 4. The SMILES string of the molecule is COc1cc(O)c2c(c1)C(=O)c1cc(C)c(O)c(-c3c(OC)cc4c(c3O)C(=O)C3C[C@@H](O)[C@@](C)(O)[C@H](O)C3C4=O)c1C2=O. The molecule has 2 unspecified atom stereocenters. The molecular formula is C32H28O12. The predicted octanol–water partition coefficient (Wildman–Crippen LogP) is 2.06. The zero-order valence-corrected chi connectivity index (χ0v) is 24.0. The molecule has 3 aliphatic rings. The number of aryl methyl sites for hydroxylation is 1. The molecule has 6 rings (SSSR count). The molecule has 3 aromatic rings. The van der Waals surface area contributed by atoms with Gasteiger partial charge in [0.2, 0.25) is 0 Å². The number of phenolic OH excluding ortho intramolecular Hbond substituents is 3. The highest BCUT2D eigenvalue weighted by Crippen LogP contribution is 2.54. The summed E-state index contributed by atoms with van der Waals surface area (Å²) in [7, 11) is 2.50. The highest BCUT2D eigenvalue weighted by Gasteiger charge is 2.58. The highest BCUT2D eigenvalue weighted by molar-refractivity contribution is 6.32. The van der Waals surface area contributed by atoms with Crippen LogP contribution in [0.4, 0.5) is 0 Å². The number of aromatic hydroxyl groups is 3. The van der Waals surface area contributed by atoms with Gasteiger partial charge in [0.25, 0.3) is 0 Å². The zero-order valence-electron chi connectivity index (χ0n) is 24.0. The lowest BCUT2D eigenvalue weighted by molar-refractivity contribution is -0.178. The van der Waals surface area contributed by atoms with Crippen LogP contribution in [0.5, 0.6) is 28.7 Å². The molecule has 6 N–H and O–H groups in total. The lowest BCUT2D eigenvalue weighted by Gasteiger charge is -2.47. The third-order valence-electron chi connectivity index (χ3n) is 9.17. The second-order valence-electron chi connectivity index (χ2n) is 11.6. The molecule has 12 nitrogen and oxygen atoms in total. The summed E-state index contributed by atoms with van der Waals surface area (Å²) in [6, 6.07) is 4.84. The number of phenols is 3. The average Bonchev–Trinajstić information content (AvgIpc) is 2.98. The van der Waals surface area contributed by atoms with Gasteiger partial charge in [-0.15, -0.1) is 0 Å². The number of hydrogen-bond acceptors (Lipinski definition) is 12. The summed E-state index contributed by atoms with van der Waals surface area (Å²) in [4.78, 5) is 55.2. The molecule has 0 saturated heterocycles. The molecule has 1 saturated carbocycles. The second kappa shape index (κ2) is 9.61. The number of aliphatic hydroxyl groups is 3. The molecule has 1 fully saturated rings. The molecule has 0 aromatic heterocycles. The van der Waals surface area contributed by atoms with Crippen molar-refractivity contribution < 1.29 is 59.3 Å². The Morgan fingerprint density at radius 2 is 1.41 bits per heavy atom. The molecular weight excluding hydrogens is 576 g/mol. The lowest BCUT2D eigenvalue weighted by atomic mass is 9.60. The van der Waals surface area contributed by atoms with E-state index in [1.165, 1.54) is 33.3 Å². The maximum atomic E-state index is 14.0. The minimum Gasteiger partial charge on any atom is -0.507 e. The maximum Gasteiger partial charge on any atom is 0.199 e. The topological polar surface area (TPSA) is 208 Å². The van der Waals surface area contributed by atoms with Gasteiger partial charge in [0.1, 0.15) is 34.3 Å². The van der Waals surface area contributed by atoms with Crippen molar-refractivity contribution in [2.24, 2.45) is 11.8 Å². The largest absolute Gasteiger partial charge is 0.507 e. The monoisotopic (exact) mass is 604 g/mol. The number of Topliss-reactive ketones (excluding diaryl/α,β-unsaturated/α-hetero) is 2. The van der Waals surface area contributed by atoms with E-state index in [-0.39, 0.29) is 56.0 Å².